The summed E-state index contributed by atoms with van der Waals surface area (Å²) < 4.78 is 42.8. The Labute approximate surface area is 144 Å². The highest BCUT2D eigenvalue weighted by molar-refractivity contribution is 5.94. The zero-order valence-electron chi connectivity index (χ0n) is 14.4. The Morgan fingerprint density at radius 1 is 1.00 bits per heavy atom. The van der Waals surface area contributed by atoms with Crippen LogP contribution in [-0.4, -0.2) is 39.2 Å². The molecular weight excluding hydrogens is 332 g/mol. The van der Waals surface area contributed by atoms with E-state index in [4.69, 9.17) is 14.2 Å². The molecule has 0 N–H and O–H groups in total. The monoisotopic (exact) mass is 351 g/mol. The smallest absolute Gasteiger partial charge is 0.256 e. The molecule has 0 spiro atoms. The summed E-state index contributed by atoms with van der Waals surface area (Å²) in [6.07, 6.45) is 0. The Morgan fingerprint density at radius 2 is 1.60 bits per heavy atom. The van der Waals surface area contributed by atoms with E-state index in [0.29, 0.717) is 22.8 Å². The van der Waals surface area contributed by atoms with Crippen molar-refractivity contribution in [2.75, 3.05) is 28.4 Å². The molecule has 2 aromatic carbocycles. The van der Waals surface area contributed by atoms with Crippen molar-refractivity contribution in [3.05, 3.63) is 53.1 Å². The molecule has 0 fully saturated rings. The van der Waals surface area contributed by atoms with E-state index in [1.807, 2.05) is 0 Å². The van der Waals surface area contributed by atoms with E-state index in [1.165, 1.54) is 33.3 Å². The fourth-order valence-corrected chi connectivity index (χ4v) is 2.44. The summed E-state index contributed by atoms with van der Waals surface area (Å²) in [6, 6.07) is 6.14. The molecular formula is C18H19F2NO4. The second-order valence-corrected chi connectivity index (χ2v) is 5.32. The van der Waals surface area contributed by atoms with E-state index in [2.05, 4.69) is 0 Å². The van der Waals surface area contributed by atoms with Gasteiger partial charge in [-0.25, -0.2) is 8.78 Å². The number of carbonyl (C=O) groups excluding carboxylic acids is 1. The molecule has 134 valence electrons. The van der Waals surface area contributed by atoms with Crippen molar-refractivity contribution in [3.63, 3.8) is 0 Å². The van der Waals surface area contributed by atoms with Crippen LogP contribution < -0.4 is 14.2 Å². The number of ether oxygens (including phenoxy) is 3. The lowest BCUT2D eigenvalue weighted by molar-refractivity contribution is 0.0779. The highest BCUT2D eigenvalue weighted by atomic mass is 19.1. The zero-order chi connectivity index (χ0) is 18.6. The van der Waals surface area contributed by atoms with Crippen molar-refractivity contribution in [3.8, 4) is 17.2 Å². The van der Waals surface area contributed by atoms with Crippen molar-refractivity contribution in [1.29, 1.82) is 0 Å². The summed E-state index contributed by atoms with van der Waals surface area (Å²) in [5.74, 6) is -0.775. The minimum atomic E-state index is -0.775. The van der Waals surface area contributed by atoms with E-state index in [9.17, 15) is 13.6 Å². The van der Waals surface area contributed by atoms with Gasteiger partial charge in [0, 0.05) is 13.6 Å². The Balaban J connectivity index is 2.29. The third-order valence-electron chi connectivity index (χ3n) is 3.65. The van der Waals surface area contributed by atoms with E-state index in [0.717, 1.165) is 18.2 Å². The zero-order valence-corrected chi connectivity index (χ0v) is 14.4. The quantitative estimate of drug-likeness (QED) is 0.802. The van der Waals surface area contributed by atoms with Crippen LogP contribution in [0.1, 0.15) is 15.9 Å². The Morgan fingerprint density at radius 3 is 2.12 bits per heavy atom. The van der Waals surface area contributed by atoms with Gasteiger partial charge in [-0.15, -0.1) is 0 Å². The summed E-state index contributed by atoms with van der Waals surface area (Å²) in [7, 11) is 5.95. The van der Waals surface area contributed by atoms with Gasteiger partial charge in [-0.1, -0.05) is 0 Å². The Hall–Kier alpha value is -2.83. The second kappa shape index (κ2) is 7.83. The first-order valence-corrected chi connectivity index (χ1v) is 7.40. The summed E-state index contributed by atoms with van der Waals surface area (Å²) in [5, 5.41) is 0. The molecule has 0 unspecified atom stereocenters. The highest BCUT2D eigenvalue weighted by Crippen LogP contribution is 2.38. The van der Waals surface area contributed by atoms with E-state index >= 15 is 0 Å². The molecule has 2 rings (SSSR count). The number of nitrogens with zero attached hydrogens (tertiary/aromatic N) is 1. The van der Waals surface area contributed by atoms with Gasteiger partial charge in [0.1, 0.15) is 11.6 Å². The van der Waals surface area contributed by atoms with Gasteiger partial charge in [0.2, 0.25) is 5.75 Å². The van der Waals surface area contributed by atoms with Crippen molar-refractivity contribution in [2.24, 2.45) is 0 Å². The maximum atomic E-state index is 13.8. The molecule has 0 aliphatic carbocycles. The fourth-order valence-electron chi connectivity index (χ4n) is 2.44. The average Bonchev–Trinajstić information content (AvgIpc) is 2.62. The number of amides is 1. The SMILES string of the molecule is COc1cc(CN(C)C(=O)c2cc(F)ccc2F)cc(OC)c1OC. The van der Waals surface area contributed by atoms with Crippen molar-refractivity contribution < 1.29 is 27.8 Å². The molecule has 1 amide bonds. The lowest BCUT2D eigenvalue weighted by Crippen LogP contribution is -2.27. The van der Waals surface area contributed by atoms with Crippen LogP contribution in [0.5, 0.6) is 17.2 Å². The number of halogens is 2. The standard InChI is InChI=1S/C18H19F2NO4/c1-21(18(22)13-9-12(19)5-6-14(13)20)10-11-7-15(23-2)17(25-4)16(8-11)24-3/h5-9H,10H2,1-4H3. The minimum Gasteiger partial charge on any atom is -0.493 e. The molecule has 0 radical (unpaired) electrons. The first-order chi connectivity index (χ1) is 11.9. The molecule has 5 nitrogen and oxygen atoms in total. The molecule has 0 aromatic heterocycles. The van der Waals surface area contributed by atoms with Crippen LogP contribution in [0.3, 0.4) is 0 Å². The maximum Gasteiger partial charge on any atom is 0.256 e. The van der Waals surface area contributed by atoms with Gasteiger partial charge < -0.3 is 19.1 Å². The van der Waals surface area contributed by atoms with Crippen LogP contribution in [0.2, 0.25) is 0 Å². The molecule has 0 saturated heterocycles. The van der Waals surface area contributed by atoms with Crippen LogP contribution in [-0.2, 0) is 6.54 Å². The van der Waals surface area contributed by atoms with Gasteiger partial charge in [0.05, 0.1) is 26.9 Å². The highest BCUT2D eigenvalue weighted by Gasteiger charge is 2.19. The van der Waals surface area contributed by atoms with Crippen molar-refractivity contribution in [1.82, 2.24) is 4.90 Å². The predicted octanol–water partition coefficient (Wildman–Crippen LogP) is 3.26. The Kier molecular flexibility index (Phi) is 5.80. The molecule has 0 aliphatic heterocycles. The van der Waals surface area contributed by atoms with Gasteiger partial charge in [-0.3, -0.25) is 4.79 Å². The van der Waals surface area contributed by atoms with Gasteiger partial charge in [0.15, 0.2) is 11.5 Å². The van der Waals surface area contributed by atoms with Crippen LogP contribution in [0, 0.1) is 11.6 Å². The first-order valence-electron chi connectivity index (χ1n) is 7.40. The van der Waals surface area contributed by atoms with Crippen LogP contribution in [0.15, 0.2) is 30.3 Å². The Bertz CT molecular complexity index is 755. The number of carbonyl (C=O) groups is 1. The van der Waals surface area contributed by atoms with E-state index < -0.39 is 17.5 Å². The average molecular weight is 351 g/mol. The van der Waals surface area contributed by atoms with Gasteiger partial charge in [-0.2, -0.15) is 0 Å². The fraction of sp³-hybridized carbons (Fsp3) is 0.278. The first kappa shape index (κ1) is 18.5. The minimum absolute atomic E-state index is 0.144. The molecule has 0 saturated carbocycles. The van der Waals surface area contributed by atoms with Crippen molar-refractivity contribution >= 4 is 5.91 Å². The predicted molar refractivity (Wildman–Crippen MR) is 88.3 cm³/mol. The van der Waals surface area contributed by atoms with Gasteiger partial charge in [0.25, 0.3) is 5.91 Å². The van der Waals surface area contributed by atoms with Crippen LogP contribution in [0.25, 0.3) is 0 Å². The third-order valence-corrected chi connectivity index (χ3v) is 3.65. The lowest BCUT2D eigenvalue weighted by Gasteiger charge is -2.20. The number of hydrogen-bond donors (Lipinski definition) is 0. The topological polar surface area (TPSA) is 48.0 Å². The lowest BCUT2D eigenvalue weighted by atomic mass is 10.1. The summed E-state index contributed by atoms with van der Waals surface area (Å²) >= 11 is 0. The summed E-state index contributed by atoms with van der Waals surface area (Å²) in [5.41, 5.74) is 0.358. The van der Waals surface area contributed by atoms with Gasteiger partial charge >= 0.3 is 0 Å². The number of methoxy groups -OCH3 is 3. The maximum absolute atomic E-state index is 13.8. The van der Waals surface area contributed by atoms with Crippen LogP contribution in [0.4, 0.5) is 8.78 Å². The van der Waals surface area contributed by atoms with Crippen molar-refractivity contribution in [2.45, 2.75) is 6.54 Å². The molecule has 7 heteroatoms. The molecule has 0 atom stereocenters. The largest absolute Gasteiger partial charge is 0.493 e. The van der Waals surface area contributed by atoms with Crippen LogP contribution >= 0.6 is 0 Å². The number of rotatable bonds is 6. The van der Waals surface area contributed by atoms with E-state index in [1.54, 1.807) is 12.1 Å². The van der Waals surface area contributed by atoms with E-state index in [-0.39, 0.29) is 12.1 Å². The molecule has 0 aliphatic rings. The molecule has 2 aromatic rings. The number of hydrogen-bond acceptors (Lipinski definition) is 4. The van der Waals surface area contributed by atoms with Gasteiger partial charge in [-0.05, 0) is 35.9 Å². The summed E-state index contributed by atoms with van der Waals surface area (Å²) in [6.45, 7) is 0.144. The molecule has 0 bridgehead atoms. The molecule has 25 heavy (non-hydrogen) atoms. The third kappa shape index (κ3) is 3.99. The second-order valence-electron chi connectivity index (χ2n) is 5.32. The number of benzene rings is 2. The summed E-state index contributed by atoms with van der Waals surface area (Å²) in [4.78, 5) is 13.7. The molecule has 0 heterocycles. The normalized spacial score (nSPS) is 10.3.